The molecule has 0 fully saturated rings. The summed E-state index contributed by atoms with van der Waals surface area (Å²) in [5.74, 6) is 0.229. The first-order chi connectivity index (χ1) is 8.74. The third kappa shape index (κ3) is 2.91. The first-order valence-electron chi connectivity index (χ1n) is 6.87. The minimum Gasteiger partial charge on any atom is -0.385 e. The topological polar surface area (TPSA) is 32.3 Å². The van der Waals surface area contributed by atoms with Gasteiger partial charge in [0.1, 0.15) is 0 Å². The highest BCUT2D eigenvalue weighted by Gasteiger charge is 2.14. The van der Waals surface area contributed by atoms with E-state index in [4.69, 9.17) is 0 Å². The van der Waals surface area contributed by atoms with Crippen molar-refractivity contribution in [3.63, 3.8) is 0 Å². The molecule has 1 N–H and O–H groups in total. The summed E-state index contributed by atoms with van der Waals surface area (Å²) in [6, 6.07) is 6.06. The zero-order valence-electron chi connectivity index (χ0n) is 11.3. The van der Waals surface area contributed by atoms with Crippen LogP contribution in [-0.2, 0) is 6.42 Å². The lowest BCUT2D eigenvalue weighted by atomic mass is 9.99. The van der Waals surface area contributed by atoms with Crippen molar-refractivity contribution in [2.75, 3.05) is 31.5 Å². The van der Waals surface area contributed by atoms with E-state index in [-0.39, 0.29) is 5.78 Å². The number of Topliss-reactive ketones (excluding diaryl/α,β-unsaturated/α-hetero) is 1. The fourth-order valence-electron chi connectivity index (χ4n) is 2.39. The summed E-state index contributed by atoms with van der Waals surface area (Å²) in [5.41, 5.74) is 3.33. The number of nitrogens with zero attached hydrogens (tertiary/aromatic N) is 1. The normalized spacial score (nSPS) is 14.2. The van der Waals surface area contributed by atoms with E-state index in [1.54, 1.807) is 0 Å². The number of fused-ring (bicyclic) bond motifs is 1. The monoisotopic (exact) mass is 246 g/mol. The molecular weight excluding hydrogens is 224 g/mol. The molecule has 0 radical (unpaired) electrons. The van der Waals surface area contributed by atoms with Crippen molar-refractivity contribution in [1.82, 2.24) is 4.90 Å². The molecule has 0 atom stereocenters. The second-order valence-corrected chi connectivity index (χ2v) is 4.79. The highest BCUT2D eigenvalue weighted by molar-refractivity contribution is 5.98. The predicted molar refractivity (Wildman–Crippen MR) is 75.4 cm³/mol. The average molecular weight is 246 g/mol. The summed E-state index contributed by atoms with van der Waals surface area (Å²) in [6.45, 7) is 7.60. The number of likely N-dealkylation sites (N-methyl/N-ethyl adjacent to an activating group) is 1. The Morgan fingerprint density at radius 2 is 2.11 bits per heavy atom. The van der Waals surface area contributed by atoms with Gasteiger partial charge in [-0.1, -0.05) is 13.8 Å². The summed E-state index contributed by atoms with van der Waals surface area (Å²) in [5, 5.41) is 3.37. The van der Waals surface area contributed by atoms with Crippen LogP contribution in [0, 0.1) is 0 Å². The molecule has 1 aliphatic heterocycles. The van der Waals surface area contributed by atoms with Crippen LogP contribution in [0.25, 0.3) is 0 Å². The molecule has 0 spiro atoms. The molecule has 18 heavy (non-hydrogen) atoms. The van der Waals surface area contributed by atoms with E-state index in [9.17, 15) is 4.79 Å². The van der Waals surface area contributed by atoms with Crippen molar-refractivity contribution in [1.29, 1.82) is 0 Å². The molecule has 2 rings (SSSR count). The standard InChI is InChI=1S/C15H22N2O/c1-3-17(4-2)11-15(18)13-7-8-14-12(10-13)6-5-9-16-14/h7-8,10,16H,3-6,9,11H2,1-2H3. The maximum absolute atomic E-state index is 12.2. The molecule has 0 amide bonds. The van der Waals surface area contributed by atoms with E-state index in [1.165, 1.54) is 11.3 Å². The quantitative estimate of drug-likeness (QED) is 0.810. The number of benzene rings is 1. The molecule has 0 aromatic heterocycles. The third-order valence-electron chi connectivity index (χ3n) is 3.63. The molecule has 98 valence electrons. The highest BCUT2D eigenvalue weighted by Crippen LogP contribution is 2.23. The smallest absolute Gasteiger partial charge is 0.176 e. The molecule has 1 heterocycles. The van der Waals surface area contributed by atoms with Gasteiger partial charge in [-0.05, 0) is 49.7 Å². The van der Waals surface area contributed by atoms with Gasteiger partial charge >= 0.3 is 0 Å². The van der Waals surface area contributed by atoms with Crippen LogP contribution in [-0.4, -0.2) is 36.9 Å². The Labute approximate surface area is 109 Å². The number of hydrogen-bond acceptors (Lipinski definition) is 3. The molecule has 0 bridgehead atoms. The first kappa shape index (κ1) is 13.1. The summed E-state index contributed by atoms with van der Waals surface area (Å²) in [4.78, 5) is 14.3. The van der Waals surface area contributed by atoms with E-state index in [1.807, 2.05) is 12.1 Å². The second-order valence-electron chi connectivity index (χ2n) is 4.79. The fraction of sp³-hybridized carbons (Fsp3) is 0.533. The van der Waals surface area contributed by atoms with Crippen LogP contribution < -0.4 is 5.32 Å². The van der Waals surface area contributed by atoms with Gasteiger partial charge in [-0.15, -0.1) is 0 Å². The minimum absolute atomic E-state index is 0.229. The van der Waals surface area contributed by atoms with Crippen LogP contribution in [0.2, 0.25) is 0 Å². The lowest BCUT2D eigenvalue weighted by Gasteiger charge is -2.20. The van der Waals surface area contributed by atoms with Gasteiger partial charge in [0.15, 0.2) is 5.78 Å². The number of nitrogens with one attached hydrogen (secondary N) is 1. The first-order valence-corrected chi connectivity index (χ1v) is 6.87. The summed E-state index contributed by atoms with van der Waals surface area (Å²) < 4.78 is 0. The summed E-state index contributed by atoms with van der Waals surface area (Å²) in [6.07, 6.45) is 2.23. The van der Waals surface area contributed by atoms with E-state index < -0.39 is 0 Å². The van der Waals surface area contributed by atoms with Gasteiger partial charge in [0.05, 0.1) is 6.54 Å². The molecule has 3 nitrogen and oxygen atoms in total. The number of hydrogen-bond donors (Lipinski definition) is 1. The van der Waals surface area contributed by atoms with E-state index in [0.29, 0.717) is 6.54 Å². The van der Waals surface area contributed by atoms with Gasteiger partial charge in [-0.25, -0.2) is 0 Å². The van der Waals surface area contributed by atoms with Gasteiger partial charge in [-0.2, -0.15) is 0 Å². The lowest BCUT2D eigenvalue weighted by Crippen LogP contribution is -2.29. The van der Waals surface area contributed by atoms with Crippen molar-refractivity contribution >= 4 is 11.5 Å². The zero-order valence-corrected chi connectivity index (χ0v) is 11.3. The molecule has 0 saturated carbocycles. The Bertz CT molecular complexity index is 425. The van der Waals surface area contributed by atoms with Crippen LogP contribution in [0.1, 0.15) is 36.2 Å². The van der Waals surface area contributed by atoms with Gasteiger partial charge in [0.25, 0.3) is 0 Å². The lowest BCUT2D eigenvalue weighted by molar-refractivity contribution is 0.0937. The van der Waals surface area contributed by atoms with E-state index in [0.717, 1.165) is 38.0 Å². The van der Waals surface area contributed by atoms with Crippen LogP contribution in [0.3, 0.4) is 0 Å². The number of ketones is 1. The van der Waals surface area contributed by atoms with Crippen LogP contribution in [0.4, 0.5) is 5.69 Å². The maximum Gasteiger partial charge on any atom is 0.176 e. The molecule has 0 unspecified atom stereocenters. The Kier molecular flexibility index (Phi) is 4.37. The fourth-order valence-corrected chi connectivity index (χ4v) is 2.39. The van der Waals surface area contributed by atoms with E-state index in [2.05, 4.69) is 30.1 Å². The maximum atomic E-state index is 12.2. The Morgan fingerprint density at radius 3 is 2.83 bits per heavy atom. The average Bonchev–Trinajstić information content (AvgIpc) is 2.44. The SMILES string of the molecule is CCN(CC)CC(=O)c1ccc2c(c1)CCCN2. The molecule has 0 saturated heterocycles. The zero-order chi connectivity index (χ0) is 13.0. The number of anilines is 1. The number of aryl methyl sites for hydroxylation is 1. The van der Waals surface area contributed by atoms with Crippen molar-refractivity contribution in [3.8, 4) is 0 Å². The summed E-state index contributed by atoms with van der Waals surface area (Å²) in [7, 11) is 0. The van der Waals surface area contributed by atoms with E-state index >= 15 is 0 Å². The Morgan fingerprint density at radius 1 is 1.33 bits per heavy atom. The summed E-state index contributed by atoms with van der Waals surface area (Å²) >= 11 is 0. The second kappa shape index (κ2) is 6.01. The predicted octanol–water partition coefficient (Wildman–Crippen LogP) is 2.57. The molecule has 1 aliphatic rings. The van der Waals surface area contributed by atoms with Gasteiger partial charge in [0.2, 0.25) is 0 Å². The Balaban J connectivity index is 2.11. The minimum atomic E-state index is 0.229. The van der Waals surface area contributed by atoms with Crippen molar-refractivity contribution in [2.45, 2.75) is 26.7 Å². The molecule has 3 heteroatoms. The number of carbonyl (C=O) groups excluding carboxylic acids is 1. The van der Waals surface area contributed by atoms with Crippen LogP contribution in [0.5, 0.6) is 0 Å². The van der Waals surface area contributed by atoms with Crippen LogP contribution in [0.15, 0.2) is 18.2 Å². The number of carbonyl (C=O) groups is 1. The molecule has 1 aromatic carbocycles. The largest absolute Gasteiger partial charge is 0.385 e. The third-order valence-corrected chi connectivity index (χ3v) is 3.63. The van der Waals surface area contributed by atoms with Crippen LogP contribution >= 0.6 is 0 Å². The van der Waals surface area contributed by atoms with Gasteiger partial charge in [0, 0.05) is 17.8 Å². The van der Waals surface area contributed by atoms with Crippen molar-refractivity contribution in [2.24, 2.45) is 0 Å². The van der Waals surface area contributed by atoms with Crippen molar-refractivity contribution in [3.05, 3.63) is 29.3 Å². The number of rotatable bonds is 5. The molecular formula is C15H22N2O. The molecule has 1 aromatic rings. The van der Waals surface area contributed by atoms with Gasteiger partial charge < -0.3 is 5.32 Å². The highest BCUT2D eigenvalue weighted by atomic mass is 16.1. The van der Waals surface area contributed by atoms with Gasteiger partial charge in [-0.3, -0.25) is 9.69 Å². The molecule has 0 aliphatic carbocycles. The Hall–Kier alpha value is -1.35. The van der Waals surface area contributed by atoms with Crippen molar-refractivity contribution < 1.29 is 4.79 Å².